The number of hydrogen-bond acceptors (Lipinski definition) is 3. The van der Waals surface area contributed by atoms with Crippen LogP contribution in [0.3, 0.4) is 0 Å². The molecule has 82 valence electrons. The minimum atomic E-state index is 0.736. The van der Waals surface area contributed by atoms with E-state index in [9.17, 15) is 0 Å². The maximum atomic E-state index is 4.81. The first-order valence-corrected chi connectivity index (χ1v) is 5.33. The van der Waals surface area contributed by atoms with Crippen molar-refractivity contribution in [2.45, 2.75) is 12.5 Å². The van der Waals surface area contributed by atoms with Crippen molar-refractivity contribution < 1.29 is 4.84 Å². The van der Waals surface area contributed by atoms with Crippen molar-refractivity contribution in [1.82, 2.24) is 10.4 Å². The molecular formula is C12H18N2O. The highest BCUT2D eigenvalue weighted by molar-refractivity contribution is 5.27. The second-order valence-corrected chi connectivity index (χ2v) is 4.18. The zero-order valence-electron chi connectivity index (χ0n) is 9.36. The SMILES string of the molecule is CONCc1ccc(C2CN(C)C2)cc1. The fourth-order valence-electron chi connectivity index (χ4n) is 1.97. The Bertz CT molecular complexity index is 304. The third-order valence-electron chi connectivity index (χ3n) is 2.94. The first-order valence-electron chi connectivity index (χ1n) is 5.33. The van der Waals surface area contributed by atoms with Crippen LogP contribution < -0.4 is 5.48 Å². The summed E-state index contributed by atoms with van der Waals surface area (Å²) in [7, 11) is 3.80. The van der Waals surface area contributed by atoms with Crippen LogP contribution in [-0.2, 0) is 11.4 Å². The van der Waals surface area contributed by atoms with Gasteiger partial charge in [-0.15, -0.1) is 0 Å². The number of hydrogen-bond donors (Lipinski definition) is 1. The van der Waals surface area contributed by atoms with Gasteiger partial charge in [-0.3, -0.25) is 0 Å². The predicted octanol–water partition coefficient (Wildman–Crippen LogP) is 1.37. The molecule has 0 radical (unpaired) electrons. The van der Waals surface area contributed by atoms with E-state index < -0.39 is 0 Å². The second-order valence-electron chi connectivity index (χ2n) is 4.18. The minimum Gasteiger partial charge on any atom is -0.305 e. The lowest BCUT2D eigenvalue weighted by Crippen LogP contribution is -2.41. The van der Waals surface area contributed by atoms with Gasteiger partial charge in [0, 0.05) is 25.6 Å². The first-order chi connectivity index (χ1) is 7.29. The van der Waals surface area contributed by atoms with Gasteiger partial charge in [0.05, 0.1) is 7.11 Å². The summed E-state index contributed by atoms with van der Waals surface area (Å²) < 4.78 is 0. The van der Waals surface area contributed by atoms with Gasteiger partial charge in [0.1, 0.15) is 0 Å². The number of rotatable bonds is 4. The molecule has 0 aromatic heterocycles. The maximum absolute atomic E-state index is 4.81. The molecule has 1 aliphatic rings. The third kappa shape index (κ3) is 2.56. The molecule has 0 atom stereocenters. The standard InChI is InChI=1S/C12H18N2O/c1-14-8-12(9-14)11-5-3-10(4-6-11)7-13-15-2/h3-6,12-13H,7-9H2,1-2H3. The Balaban J connectivity index is 1.92. The maximum Gasteiger partial charge on any atom is 0.0572 e. The van der Waals surface area contributed by atoms with E-state index in [-0.39, 0.29) is 0 Å². The van der Waals surface area contributed by atoms with Gasteiger partial charge in [0.25, 0.3) is 0 Å². The predicted molar refractivity (Wildman–Crippen MR) is 60.5 cm³/mol. The second kappa shape index (κ2) is 4.75. The largest absolute Gasteiger partial charge is 0.305 e. The molecule has 1 N–H and O–H groups in total. The molecule has 0 unspecified atom stereocenters. The average Bonchev–Trinajstić information content (AvgIpc) is 2.23. The average molecular weight is 206 g/mol. The lowest BCUT2D eigenvalue weighted by Gasteiger charge is -2.36. The number of benzene rings is 1. The molecule has 3 nitrogen and oxygen atoms in total. The van der Waals surface area contributed by atoms with Crippen LogP contribution in [0, 0.1) is 0 Å². The summed E-state index contributed by atoms with van der Waals surface area (Å²) in [4.78, 5) is 7.15. The summed E-state index contributed by atoms with van der Waals surface area (Å²) in [6, 6.07) is 8.79. The van der Waals surface area contributed by atoms with E-state index in [4.69, 9.17) is 4.84 Å². The van der Waals surface area contributed by atoms with E-state index in [0.29, 0.717) is 0 Å². The molecule has 1 aliphatic heterocycles. The van der Waals surface area contributed by atoms with Crippen molar-refractivity contribution in [3.63, 3.8) is 0 Å². The van der Waals surface area contributed by atoms with Crippen molar-refractivity contribution in [2.24, 2.45) is 0 Å². The van der Waals surface area contributed by atoms with Crippen molar-refractivity contribution in [3.05, 3.63) is 35.4 Å². The fourth-order valence-corrected chi connectivity index (χ4v) is 1.97. The molecule has 0 aliphatic carbocycles. The van der Waals surface area contributed by atoms with E-state index in [1.807, 2.05) is 0 Å². The van der Waals surface area contributed by atoms with E-state index in [1.165, 1.54) is 24.2 Å². The molecule has 1 saturated heterocycles. The fraction of sp³-hybridized carbons (Fsp3) is 0.500. The Hall–Kier alpha value is -0.900. The molecule has 1 fully saturated rings. The Labute approximate surface area is 91.0 Å². The zero-order chi connectivity index (χ0) is 10.7. The molecule has 3 heteroatoms. The lowest BCUT2D eigenvalue weighted by atomic mass is 9.91. The van der Waals surface area contributed by atoms with Gasteiger partial charge in [-0.2, -0.15) is 5.48 Å². The smallest absolute Gasteiger partial charge is 0.0572 e. The third-order valence-corrected chi connectivity index (χ3v) is 2.94. The van der Waals surface area contributed by atoms with Gasteiger partial charge in [-0.25, -0.2) is 0 Å². The highest BCUT2D eigenvalue weighted by Crippen LogP contribution is 2.25. The Kier molecular flexibility index (Phi) is 3.36. The molecule has 0 saturated carbocycles. The van der Waals surface area contributed by atoms with Gasteiger partial charge < -0.3 is 9.74 Å². The first kappa shape index (κ1) is 10.6. The van der Waals surface area contributed by atoms with Crippen molar-refractivity contribution >= 4 is 0 Å². The van der Waals surface area contributed by atoms with Crippen LogP contribution in [0.2, 0.25) is 0 Å². The summed E-state index contributed by atoms with van der Waals surface area (Å²) in [5.41, 5.74) is 5.55. The van der Waals surface area contributed by atoms with Gasteiger partial charge in [0.2, 0.25) is 0 Å². The van der Waals surface area contributed by atoms with Crippen LogP contribution in [0.1, 0.15) is 17.0 Å². The van der Waals surface area contributed by atoms with E-state index >= 15 is 0 Å². The summed E-state index contributed by atoms with van der Waals surface area (Å²) in [5.74, 6) is 0.736. The van der Waals surface area contributed by atoms with Gasteiger partial charge >= 0.3 is 0 Å². The normalized spacial score (nSPS) is 17.7. The topological polar surface area (TPSA) is 24.5 Å². The van der Waals surface area contributed by atoms with Crippen molar-refractivity contribution in [3.8, 4) is 0 Å². The van der Waals surface area contributed by atoms with E-state index in [2.05, 4.69) is 41.7 Å². The number of nitrogens with one attached hydrogen (secondary N) is 1. The Morgan fingerprint density at radius 2 is 2.00 bits per heavy atom. The van der Waals surface area contributed by atoms with E-state index in [1.54, 1.807) is 7.11 Å². The van der Waals surface area contributed by atoms with Crippen LogP contribution in [0.5, 0.6) is 0 Å². The highest BCUT2D eigenvalue weighted by Gasteiger charge is 2.24. The number of likely N-dealkylation sites (N-methyl/N-ethyl adjacent to an activating group) is 1. The van der Waals surface area contributed by atoms with Gasteiger partial charge in [-0.05, 0) is 18.2 Å². The van der Waals surface area contributed by atoms with E-state index in [0.717, 1.165) is 12.5 Å². The van der Waals surface area contributed by atoms with Crippen LogP contribution >= 0.6 is 0 Å². The lowest BCUT2D eigenvalue weighted by molar-refractivity contribution is 0.0867. The van der Waals surface area contributed by atoms with Crippen LogP contribution in [0.25, 0.3) is 0 Å². The monoisotopic (exact) mass is 206 g/mol. The molecular weight excluding hydrogens is 188 g/mol. The molecule has 2 rings (SSSR count). The molecule has 0 bridgehead atoms. The van der Waals surface area contributed by atoms with Crippen LogP contribution in [0.4, 0.5) is 0 Å². The zero-order valence-corrected chi connectivity index (χ0v) is 9.36. The van der Waals surface area contributed by atoms with Crippen LogP contribution in [-0.4, -0.2) is 32.1 Å². The Morgan fingerprint density at radius 1 is 1.33 bits per heavy atom. The molecule has 0 amide bonds. The quantitative estimate of drug-likeness (QED) is 0.753. The Morgan fingerprint density at radius 3 is 2.53 bits per heavy atom. The summed E-state index contributed by atoms with van der Waals surface area (Å²) in [6.45, 7) is 3.15. The van der Waals surface area contributed by atoms with Crippen molar-refractivity contribution in [1.29, 1.82) is 0 Å². The molecule has 0 spiro atoms. The molecule has 1 aromatic carbocycles. The molecule has 15 heavy (non-hydrogen) atoms. The number of nitrogens with zero attached hydrogens (tertiary/aromatic N) is 1. The number of likely N-dealkylation sites (tertiary alicyclic amines) is 1. The summed E-state index contributed by atoms with van der Waals surface area (Å²) >= 11 is 0. The molecule has 1 aromatic rings. The minimum absolute atomic E-state index is 0.736. The highest BCUT2D eigenvalue weighted by atomic mass is 16.6. The summed E-state index contributed by atoms with van der Waals surface area (Å²) in [6.07, 6.45) is 0. The van der Waals surface area contributed by atoms with Crippen molar-refractivity contribution in [2.75, 3.05) is 27.2 Å². The van der Waals surface area contributed by atoms with Gasteiger partial charge in [0.15, 0.2) is 0 Å². The van der Waals surface area contributed by atoms with Gasteiger partial charge in [-0.1, -0.05) is 24.3 Å². The summed E-state index contributed by atoms with van der Waals surface area (Å²) in [5, 5.41) is 0. The molecule has 1 heterocycles. The number of hydroxylamine groups is 1. The van der Waals surface area contributed by atoms with Crippen LogP contribution in [0.15, 0.2) is 24.3 Å².